The number of aryl methyl sites for hydroxylation is 4. The molecule has 0 aliphatic rings. The van der Waals surface area contributed by atoms with Crippen molar-refractivity contribution in [2.45, 2.75) is 40.8 Å². The third-order valence-electron chi connectivity index (χ3n) is 4.38. The van der Waals surface area contributed by atoms with Crippen LogP contribution in [0.1, 0.15) is 44.7 Å². The molecule has 0 aromatic carbocycles. The smallest absolute Gasteiger partial charge is 0.287 e. The Labute approximate surface area is 146 Å². The Balaban J connectivity index is 1.65. The number of amides is 1. The summed E-state index contributed by atoms with van der Waals surface area (Å²) in [4.78, 5) is 12.3. The number of rotatable bonds is 5. The topological polar surface area (TPSA) is 77.9 Å². The fraction of sp³-hybridized carbons (Fsp3) is 0.389. The second-order valence-electron chi connectivity index (χ2n) is 6.31. The minimum absolute atomic E-state index is 0.234. The third-order valence-corrected chi connectivity index (χ3v) is 4.38. The quantitative estimate of drug-likeness (QED) is 0.773. The highest BCUT2D eigenvalue weighted by Gasteiger charge is 2.15. The number of carbonyl (C=O) groups excluding carboxylic acids is 1. The number of aromatic nitrogens is 4. The van der Waals surface area contributed by atoms with Crippen LogP contribution in [0, 0.1) is 27.7 Å². The van der Waals surface area contributed by atoms with Crippen molar-refractivity contribution in [2.75, 3.05) is 0 Å². The van der Waals surface area contributed by atoms with Crippen LogP contribution < -0.4 is 5.32 Å². The van der Waals surface area contributed by atoms with Gasteiger partial charge in [0.1, 0.15) is 5.76 Å². The minimum Gasteiger partial charge on any atom is -0.454 e. The Kier molecular flexibility index (Phi) is 4.48. The average molecular weight is 341 g/mol. The van der Waals surface area contributed by atoms with Crippen molar-refractivity contribution in [1.82, 2.24) is 24.9 Å². The fourth-order valence-corrected chi connectivity index (χ4v) is 2.90. The van der Waals surface area contributed by atoms with Gasteiger partial charge in [-0.15, -0.1) is 0 Å². The van der Waals surface area contributed by atoms with Gasteiger partial charge in [0.15, 0.2) is 5.76 Å². The van der Waals surface area contributed by atoms with E-state index in [9.17, 15) is 4.79 Å². The van der Waals surface area contributed by atoms with Crippen molar-refractivity contribution in [3.8, 4) is 0 Å². The molecular formula is C18H23N5O2. The van der Waals surface area contributed by atoms with E-state index in [1.807, 2.05) is 56.2 Å². The Morgan fingerprint density at radius 1 is 1.20 bits per heavy atom. The third kappa shape index (κ3) is 3.50. The molecule has 0 atom stereocenters. The van der Waals surface area contributed by atoms with Crippen LogP contribution in [0.15, 0.2) is 22.6 Å². The Hall–Kier alpha value is -2.83. The summed E-state index contributed by atoms with van der Waals surface area (Å²) in [5.74, 6) is 0.767. The largest absolute Gasteiger partial charge is 0.454 e. The number of hydrogen-bond donors (Lipinski definition) is 1. The monoisotopic (exact) mass is 341 g/mol. The van der Waals surface area contributed by atoms with Gasteiger partial charge in [-0.3, -0.25) is 14.2 Å². The summed E-state index contributed by atoms with van der Waals surface area (Å²) in [5, 5.41) is 11.7. The van der Waals surface area contributed by atoms with Crippen LogP contribution in [0.2, 0.25) is 0 Å². The molecule has 0 radical (unpaired) electrons. The second-order valence-corrected chi connectivity index (χ2v) is 6.31. The average Bonchev–Trinajstić information content (AvgIpc) is 3.19. The Morgan fingerprint density at radius 2 is 1.96 bits per heavy atom. The molecule has 7 heteroatoms. The molecule has 0 unspecified atom stereocenters. The molecule has 0 saturated heterocycles. The first-order valence-electron chi connectivity index (χ1n) is 8.22. The van der Waals surface area contributed by atoms with Crippen molar-refractivity contribution >= 4 is 5.91 Å². The van der Waals surface area contributed by atoms with E-state index in [-0.39, 0.29) is 5.91 Å². The van der Waals surface area contributed by atoms with Crippen LogP contribution >= 0.6 is 0 Å². The Morgan fingerprint density at radius 3 is 2.56 bits per heavy atom. The van der Waals surface area contributed by atoms with Gasteiger partial charge >= 0.3 is 0 Å². The van der Waals surface area contributed by atoms with Crippen LogP contribution in [0.3, 0.4) is 0 Å². The predicted octanol–water partition coefficient (Wildman–Crippen LogP) is 2.42. The van der Waals surface area contributed by atoms with Crippen molar-refractivity contribution in [2.24, 2.45) is 7.05 Å². The molecule has 0 bridgehead atoms. The van der Waals surface area contributed by atoms with Gasteiger partial charge < -0.3 is 9.73 Å². The van der Waals surface area contributed by atoms with E-state index in [0.29, 0.717) is 24.6 Å². The SMILES string of the molecule is Cc1cc(C)n(Cc2ccc(C(=O)NCc3c(C)nn(C)c3C)o2)n1. The molecule has 1 amide bonds. The van der Waals surface area contributed by atoms with Crippen molar-refractivity contribution in [3.05, 3.63) is 58.1 Å². The summed E-state index contributed by atoms with van der Waals surface area (Å²) in [7, 11) is 1.89. The second kappa shape index (κ2) is 6.58. The summed E-state index contributed by atoms with van der Waals surface area (Å²) in [6, 6.07) is 5.51. The van der Waals surface area contributed by atoms with Gasteiger partial charge in [0.05, 0.1) is 17.9 Å². The summed E-state index contributed by atoms with van der Waals surface area (Å²) in [5.41, 5.74) is 5.02. The van der Waals surface area contributed by atoms with E-state index in [1.54, 1.807) is 6.07 Å². The van der Waals surface area contributed by atoms with Gasteiger partial charge in [0.2, 0.25) is 0 Å². The maximum atomic E-state index is 12.3. The highest BCUT2D eigenvalue weighted by Crippen LogP contribution is 2.14. The molecular weight excluding hydrogens is 318 g/mol. The number of nitrogens with one attached hydrogen (secondary N) is 1. The molecule has 1 N–H and O–H groups in total. The predicted molar refractivity (Wildman–Crippen MR) is 93.4 cm³/mol. The standard InChI is InChI=1S/C18H23N5O2/c1-11-8-12(2)23(20-11)10-15-6-7-17(25-15)18(24)19-9-16-13(3)21-22(5)14(16)4/h6-8H,9-10H2,1-5H3,(H,19,24). The maximum absolute atomic E-state index is 12.3. The summed E-state index contributed by atoms with van der Waals surface area (Å²) in [6.07, 6.45) is 0. The molecule has 0 aliphatic heterocycles. The van der Waals surface area contributed by atoms with E-state index in [1.165, 1.54) is 0 Å². The molecule has 3 rings (SSSR count). The van der Waals surface area contributed by atoms with Crippen molar-refractivity contribution < 1.29 is 9.21 Å². The minimum atomic E-state index is -0.234. The molecule has 25 heavy (non-hydrogen) atoms. The van der Waals surface area contributed by atoms with Gasteiger partial charge in [-0.1, -0.05) is 0 Å². The molecule has 3 aromatic rings. The lowest BCUT2D eigenvalue weighted by Gasteiger charge is -2.04. The number of carbonyl (C=O) groups is 1. The molecule has 7 nitrogen and oxygen atoms in total. The lowest BCUT2D eigenvalue weighted by Crippen LogP contribution is -2.23. The number of nitrogens with zero attached hydrogens (tertiary/aromatic N) is 4. The number of hydrogen-bond acceptors (Lipinski definition) is 4. The lowest BCUT2D eigenvalue weighted by molar-refractivity contribution is 0.0921. The van der Waals surface area contributed by atoms with Crippen LogP contribution in [0.25, 0.3) is 0 Å². The lowest BCUT2D eigenvalue weighted by atomic mass is 10.2. The van der Waals surface area contributed by atoms with Crippen molar-refractivity contribution in [1.29, 1.82) is 0 Å². The molecule has 0 aliphatic carbocycles. The first-order chi connectivity index (χ1) is 11.8. The van der Waals surface area contributed by atoms with Gasteiger partial charge in [0.25, 0.3) is 5.91 Å². The van der Waals surface area contributed by atoms with Crippen LogP contribution in [-0.2, 0) is 20.1 Å². The van der Waals surface area contributed by atoms with E-state index < -0.39 is 0 Å². The van der Waals surface area contributed by atoms with Gasteiger partial charge in [-0.05, 0) is 45.9 Å². The zero-order valence-corrected chi connectivity index (χ0v) is 15.3. The molecule has 3 aromatic heterocycles. The first kappa shape index (κ1) is 17.0. The van der Waals surface area contributed by atoms with E-state index in [4.69, 9.17) is 4.42 Å². The Bertz CT molecular complexity index is 916. The summed E-state index contributed by atoms with van der Waals surface area (Å²) >= 11 is 0. The molecule has 132 valence electrons. The van der Waals surface area contributed by atoms with E-state index in [2.05, 4.69) is 15.5 Å². The first-order valence-corrected chi connectivity index (χ1v) is 8.22. The molecule has 0 fully saturated rings. The normalized spacial score (nSPS) is 11.1. The van der Waals surface area contributed by atoms with Crippen LogP contribution in [0.4, 0.5) is 0 Å². The van der Waals surface area contributed by atoms with Crippen molar-refractivity contribution in [3.63, 3.8) is 0 Å². The fourth-order valence-electron chi connectivity index (χ4n) is 2.90. The summed E-state index contributed by atoms with van der Waals surface area (Å²) < 4.78 is 9.35. The zero-order chi connectivity index (χ0) is 18.1. The van der Waals surface area contributed by atoms with Gasteiger partial charge in [-0.2, -0.15) is 10.2 Å². The highest BCUT2D eigenvalue weighted by molar-refractivity contribution is 5.91. The van der Waals surface area contributed by atoms with Crippen LogP contribution in [0.5, 0.6) is 0 Å². The number of furan rings is 1. The summed E-state index contributed by atoms with van der Waals surface area (Å²) in [6.45, 7) is 8.81. The van der Waals surface area contributed by atoms with Gasteiger partial charge in [0, 0.05) is 30.5 Å². The van der Waals surface area contributed by atoms with Crippen LogP contribution in [-0.4, -0.2) is 25.5 Å². The molecule has 3 heterocycles. The zero-order valence-electron chi connectivity index (χ0n) is 15.3. The highest BCUT2D eigenvalue weighted by atomic mass is 16.4. The maximum Gasteiger partial charge on any atom is 0.287 e. The van der Waals surface area contributed by atoms with Gasteiger partial charge in [-0.25, -0.2) is 0 Å². The molecule has 0 spiro atoms. The van der Waals surface area contributed by atoms with E-state index in [0.717, 1.165) is 28.3 Å². The molecule has 0 saturated carbocycles. The van der Waals surface area contributed by atoms with E-state index >= 15 is 0 Å².